The Hall–Kier alpha value is -1.26. The monoisotopic (exact) mass is 308 g/mol. The van der Waals surface area contributed by atoms with E-state index in [9.17, 15) is 4.39 Å². The van der Waals surface area contributed by atoms with Crippen LogP contribution in [0.25, 0.3) is 0 Å². The molecular formula is C14H14BrFN2. The maximum absolute atomic E-state index is 13.1. The van der Waals surface area contributed by atoms with Crippen molar-refractivity contribution in [2.24, 2.45) is 5.73 Å². The van der Waals surface area contributed by atoms with Gasteiger partial charge in [0.15, 0.2) is 0 Å². The average Bonchev–Trinajstić information content (AvgIpc) is 2.34. The van der Waals surface area contributed by atoms with Crippen molar-refractivity contribution in [1.29, 1.82) is 0 Å². The predicted molar refractivity (Wildman–Crippen MR) is 73.7 cm³/mol. The molecule has 0 aliphatic rings. The zero-order chi connectivity index (χ0) is 13.1. The van der Waals surface area contributed by atoms with Crippen molar-refractivity contribution in [3.05, 3.63) is 63.6 Å². The van der Waals surface area contributed by atoms with Crippen LogP contribution in [0.1, 0.15) is 22.9 Å². The third kappa shape index (κ3) is 3.15. The van der Waals surface area contributed by atoms with Crippen molar-refractivity contribution in [2.45, 2.75) is 19.4 Å². The summed E-state index contributed by atoms with van der Waals surface area (Å²) in [6.07, 6.45) is 2.42. The first kappa shape index (κ1) is 13.2. The number of nitrogens with zero attached hydrogens (tertiary/aromatic N) is 1. The molecule has 0 amide bonds. The van der Waals surface area contributed by atoms with Gasteiger partial charge in [-0.3, -0.25) is 4.98 Å². The summed E-state index contributed by atoms with van der Waals surface area (Å²) in [6.45, 7) is 1.94. The first-order chi connectivity index (χ1) is 8.56. The molecule has 2 N–H and O–H groups in total. The highest BCUT2D eigenvalue weighted by molar-refractivity contribution is 9.10. The number of pyridine rings is 1. The quantitative estimate of drug-likeness (QED) is 0.942. The van der Waals surface area contributed by atoms with Gasteiger partial charge in [-0.15, -0.1) is 0 Å². The van der Waals surface area contributed by atoms with Crippen LogP contribution < -0.4 is 5.73 Å². The van der Waals surface area contributed by atoms with Crippen LogP contribution in [0.5, 0.6) is 0 Å². The van der Waals surface area contributed by atoms with E-state index in [1.165, 1.54) is 6.07 Å². The van der Waals surface area contributed by atoms with Crippen LogP contribution in [0, 0.1) is 12.7 Å². The topological polar surface area (TPSA) is 38.9 Å². The molecule has 0 spiro atoms. The fourth-order valence-corrected chi connectivity index (χ4v) is 2.26. The average molecular weight is 309 g/mol. The minimum atomic E-state index is -0.257. The molecule has 94 valence electrons. The van der Waals surface area contributed by atoms with Crippen molar-refractivity contribution in [1.82, 2.24) is 4.98 Å². The fraction of sp³-hybridized carbons (Fsp3) is 0.214. The fourth-order valence-electron chi connectivity index (χ4n) is 1.84. The van der Waals surface area contributed by atoms with Gasteiger partial charge in [0, 0.05) is 17.9 Å². The van der Waals surface area contributed by atoms with Crippen molar-refractivity contribution in [3.8, 4) is 0 Å². The Kier molecular flexibility index (Phi) is 4.09. The first-order valence-electron chi connectivity index (χ1n) is 5.68. The largest absolute Gasteiger partial charge is 0.324 e. The van der Waals surface area contributed by atoms with Crippen LogP contribution in [-0.2, 0) is 6.42 Å². The van der Waals surface area contributed by atoms with E-state index in [4.69, 9.17) is 5.73 Å². The SMILES string of the molecule is Cc1cc(C(N)Cc2ccc(F)c(Br)c2)ccn1. The number of hydrogen-bond acceptors (Lipinski definition) is 2. The molecule has 0 aliphatic heterocycles. The van der Waals surface area contributed by atoms with E-state index >= 15 is 0 Å². The Balaban J connectivity index is 2.16. The highest BCUT2D eigenvalue weighted by Crippen LogP contribution is 2.21. The maximum atomic E-state index is 13.1. The van der Waals surface area contributed by atoms with Crippen LogP contribution in [-0.4, -0.2) is 4.98 Å². The number of aromatic nitrogens is 1. The van der Waals surface area contributed by atoms with Crippen molar-refractivity contribution < 1.29 is 4.39 Å². The minimum absolute atomic E-state index is 0.107. The van der Waals surface area contributed by atoms with Gasteiger partial charge in [-0.05, 0) is 64.7 Å². The second-order valence-electron chi connectivity index (χ2n) is 4.29. The van der Waals surface area contributed by atoms with Gasteiger partial charge >= 0.3 is 0 Å². The molecule has 1 aromatic heterocycles. The zero-order valence-corrected chi connectivity index (χ0v) is 11.6. The van der Waals surface area contributed by atoms with Gasteiger partial charge in [-0.1, -0.05) is 6.07 Å². The van der Waals surface area contributed by atoms with Crippen molar-refractivity contribution >= 4 is 15.9 Å². The van der Waals surface area contributed by atoms with Gasteiger partial charge in [0.05, 0.1) is 4.47 Å². The van der Waals surface area contributed by atoms with E-state index in [1.54, 1.807) is 18.3 Å². The normalized spacial score (nSPS) is 12.4. The predicted octanol–water partition coefficient (Wildman–Crippen LogP) is 3.53. The first-order valence-corrected chi connectivity index (χ1v) is 6.47. The van der Waals surface area contributed by atoms with Crippen molar-refractivity contribution in [3.63, 3.8) is 0 Å². The van der Waals surface area contributed by atoms with Crippen LogP contribution >= 0.6 is 15.9 Å². The number of nitrogens with two attached hydrogens (primary N) is 1. The Morgan fingerprint density at radius 2 is 2.11 bits per heavy atom. The second-order valence-corrected chi connectivity index (χ2v) is 5.14. The van der Waals surface area contributed by atoms with Gasteiger partial charge in [0.2, 0.25) is 0 Å². The summed E-state index contributed by atoms with van der Waals surface area (Å²) < 4.78 is 13.6. The van der Waals surface area contributed by atoms with E-state index in [2.05, 4.69) is 20.9 Å². The van der Waals surface area contributed by atoms with Crippen LogP contribution in [0.4, 0.5) is 4.39 Å². The molecule has 0 bridgehead atoms. The third-order valence-corrected chi connectivity index (χ3v) is 3.40. The summed E-state index contributed by atoms with van der Waals surface area (Å²) in [5.41, 5.74) is 9.14. The van der Waals surface area contributed by atoms with E-state index in [-0.39, 0.29) is 11.9 Å². The Bertz CT molecular complexity index is 557. The molecule has 0 aliphatic carbocycles. The summed E-state index contributed by atoms with van der Waals surface area (Å²) in [5, 5.41) is 0. The summed E-state index contributed by atoms with van der Waals surface area (Å²) >= 11 is 3.18. The van der Waals surface area contributed by atoms with Gasteiger partial charge in [0.1, 0.15) is 5.82 Å². The highest BCUT2D eigenvalue weighted by Gasteiger charge is 2.09. The second kappa shape index (κ2) is 5.59. The zero-order valence-electron chi connectivity index (χ0n) is 10.0. The standard InChI is InChI=1S/C14H14BrFN2/c1-9-6-11(4-5-18-9)14(17)8-10-2-3-13(16)12(15)7-10/h2-7,14H,8,17H2,1H3. The van der Waals surface area contributed by atoms with Gasteiger partial charge in [-0.2, -0.15) is 0 Å². The molecule has 0 fully saturated rings. The lowest BCUT2D eigenvalue weighted by atomic mass is 10.00. The summed E-state index contributed by atoms with van der Waals surface area (Å²) in [5.74, 6) is -0.257. The molecule has 2 rings (SSSR count). The summed E-state index contributed by atoms with van der Waals surface area (Å²) in [4.78, 5) is 4.14. The van der Waals surface area contributed by atoms with E-state index < -0.39 is 0 Å². The van der Waals surface area contributed by atoms with Crippen LogP contribution in [0.3, 0.4) is 0 Å². The van der Waals surface area contributed by atoms with Crippen LogP contribution in [0.15, 0.2) is 41.0 Å². The van der Waals surface area contributed by atoms with Gasteiger partial charge in [0.25, 0.3) is 0 Å². The number of rotatable bonds is 3. The molecule has 1 heterocycles. The highest BCUT2D eigenvalue weighted by atomic mass is 79.9. The Morgan fingerprint density at radius 3 is 2.78 bits per heavy atom. The molecule has 2 aromatic rings. The van der Waals surface area contributed by atoms with Gasteiger partial charge in [-0.25, -0.2) is 4.39 Å². The molecule has 0 radical (unpaired) electrons. The van der Waals surface area contributed by atoms with E-state index in [1.807, 2.05) is 19.1 Å². The van der Waals surface area contributed by atoms with E-state index in [0.29, 0.717) is 10.9 Å². The lowest BCUT2D eigenvalue weighted by Gasteiger charge is -2.13. The smallest absolute Gasteiger partial charge is 0.137 e. The molecule has 18 heavy (non-hydrogen) atoms. The lowest BCUT2D eigenvalue weighted by Crippen LogP contribution is -2.13. The Labute approximate surface area is 114 Å². The van der Waals surface area contributed by atoms with Crippen molar-refractivity contribution in [2.75, 3.05) is 0 Å². The number of hydrogen-bond donors (Lipinski definition) is 1. The molecule has 1 aromatic carbocycles. The van der Waals surface area contributed by atoms with Gasteiger partial charge < -0.3 is 5.73 Å². The molecule has 1 atom stereocenters. The number of aryl methyl sites for hydroxylation is 1. The molecular weight excluding hydrogens is 295 g/mol. The number of benzene rings is 1. The Morgan fingerprint density at radius 1 is 1.33 bits per heavy atom. The molecule has 0 saturated heterocycles. The van der Waals surface area contributed by atoms with Crippen LogP contribution in [0.2, 0.25) is 0 Å². The van der Waals surface area contributed by atoms with E-state index in [0.717, 1.165) is 16.8 Å². The lowest BCUT2D eigenvalue weighted by molar-refractivity contribution is 0.618. The molecule has 1 unspecified atom stereocenters. The number of halogens is 2. The molecule has 2 nitrogen and oxygen atoms in total. The third-order valence-electron chi connectivity index (χ3n) is 2.79. The summed E-state index contributed by atoms with van der Waals surface area (Å²) in [7, 11) is 0. The molecule has 0 saturated carbocycles. The maximum Gasteiger partial charge on any atom is 0.137 e. The summed E-state index contributed by atoms with van der Waals surface area (Å²) in [6, 6.07) is 8.75. The molecule has 4 heteroatoms. The minimum Gasteiger partial charge on any atom is -0.324 e.